The Bertz CT molecular complexity index is 585. The highest BCUT2D eigenvalue weighted by atomic mass is 127. The molecule has 0 bridgehead atoms. The van der Waals surface area contributed by atoms with Crippen LogP contribution in [0.4, 0.5) is 4.39 Å². The fourth-order valence-electron chi connectivity index (χ4n) is 2.99. The van der Waals surface area contributed by atoms with Gasteiger partial charge in [-0.2, -0.15) is 0 Å². The summed E-state index contributed by atoms with van der Waals surface area (Å²) in [4.78, 5) is 6.72. The maximum atomic E-state index is 13.3. The Balaban J connectivity index is 0.00000392. The summed E-state index contributed by atoms with van der Waals surface area (Å²) in [6.07, 6.45) is 0.754. The number of hydrogen-bond donors (Lipinski definition) is 2. The zero-order chi connectivity index (χ0) is 19.5. The van der Waals surface area contributed by atoms with Crippen LogP contribution in [0.5, 0.6) is 5.75 Å². The Morgan fingerprint density at radius 3 is 2.64 bits per heavy atom. The second-order valence-corrected chi connectivity index (χ2v) is 6.96. The first kappa shape index (κ1) is 24.9. The van der Waals surface area contributed by atoms with Crippen LogP contribution in [0, 0.1) is 11.7 Å². The lowest BCUT2D eigenvalue weighted by atomic mass is 10.1. The summed E-state index contributed by atoms with van der Waals surface area (Å²) in [6, 6.07) is 6.24. The second kappa shape index (κ2) is 13.9. The molecule has 8 heteroatoms. The molecule has 1 saturated heterocycles. The highest BCUT2D eigenvalue weighted by Gasteiger charge is 2.14. The molecule has 1 fully saturated rings. The first-order valence-electron chi connectivity index (χ1n) is 9.77. The normalized spacial score (nSPS) is 17.4. The summed E-state index contributed by atoms with van der Waals surface area (Å²) in [7, 11) is 1.76. The molecule has 1 aromatic rings. The zero-order valence-corrected chi connectivity index (χ0v) is 19.4. The number of guanidine groups is 1. The van der Waals surface area contributed by atoms with Crippen LogP contribution >= 0.6 is 24.0 Å². The molecule has 28 heavy (non-hydrogen) atoms. The van der Waals surface area contributed by atoms with Crippen LogP contribution < -0.4 is 15.4 Å². The van der Waals surface area contributed by atoms with Gasteiger partial charge in [-0.15, -0.1) is 24.0 Å². The Hall–Kier alpha value is -1.13. The lowest BCUT2D eigenvalue weighted by Gasteiger charge is -2.29. The van der Waals surface area contributed by atoms with E-state index in [0.717, 1.165) is 51.8 Å². The number of morpholine rings is 1. The second-order valence-electron chi connectivity index (χ2n) is 6.96. The molecular formula is C20H34FIN4O2. The van der Waals surface area contributed by atoms with Crippen molar-refractivity contribution in [1.29, 1.82) is 0 Å². The predicted octanol–water partition coefficient (Wildman–Crippen LogP) is 2.73. The van der Waals surface area contributed by atoms with Crippen molar-refractivity contribution in [2.45, 2.75) is 26.4 Å². The van der Waals surface area contributed by atoms with Crippen LogP contribution in [0.1, 0.15) is 20.3 Å². The molecule has 0 aliphatic carbocycles. The molecule has 2 unspecified atom stereocenters. The van der Waals surface area contributed by atoms with Crippen molar-refractivity contribution in [1.82, 2.24) is 15.5 Å². The van der Waals surface area contributed by atoms with E-state index in [0.29, 0.717) is 18.2 Å². The summed E-state index contributed by atoms with van der Waals surface area (Å²) in [5.41, 5.74) is 0. The monoisotopic (exact) mass is 508 g/mol. The third-order valence-corrected chi connectivity index (χ3v) is 4.57. The van der Waals surface area contributed by atoms with E-state index in [9.17, 15) is 4.39 Å². The van der Waals surface area contributed by atoms with Gasteiger partial charge in [0.2, 0.25) is 0 Å². The fourth-order valence-corrected chi connectivity index (χ4v) is 2.99. The minimum Gasteiger partial charge on any atom is -0.489 e. The summed E-state index contributed by atoms with van der Waals surface area (Å²) < 4.78 is 24.6. The predicted molar refractivity (Wildman–Crippen MR) is 122 cm³/mol. The minimum absolute atomic E-state index is 0. The lowest BCUT2D eigenvalue weighted by Crippen LogP contribution is -2.45. The maximum absolute atomic E-state index is 13.3. The van der Waals surface area contributed by atoms with E-state index in [1.165, 1.54) is 12.1 Å². The van der Waals surface area contributed by atoms with Crippen LogP contribution in [0.3, 0.4) is 0 Å². The number of ether oxygens (including phenoxy) is 2. The number of rotatable bonds is 9. The van der Waals surface area contributed by atoms with E-state index < -0.39 is 0 Å². The molecule has 2 rings (SSSR count). The lowest BCUT2D eigenvalue weighted by molar-refractivity contribution is 0.0320. The van der Waals surface area contributed by atoms with Crippen molar-refractivity contribution >= 4 is 29.9 Å². The molecule has 0 spiro atoms. The standard InChI is InChI=1S/C20H33FN4O2.HI/c1-4-18(27-19-7-5-6-17(21)12-19)14-24-20(22-3)23-13-16(2)15-25-8-10-26-11-9-25;/h5-7,12,16,18H,4,8-11,13-15H2,1-3H3,(H2,22,23,24);1H. The number of benzene rings is 1. The quantitative estimate of drug-likeness (QED) is 0.305. The molecule has 0 amide bonds. The third kappa shape index (κ3) is 9.38. The molecular weight excluding hydrogens is 474 g/mol. The Morgan fingerprint density at radius 2 is 2.00 bits per heavy atom. The van der Waals surface area contributed by atoms with Crippen LogP contribution in [0.2, 0.25) is 0 Å². The molecule has 1 aliphatic heterocycles. The van der Waals surface area contributed by atoms with E-state index in [-0.39, 0.29) is 35.9 Å². The van der Waals surface area contributed by atoms with Gasteiger partial charge in [-0.05, 0) is 24.5 Å². The van der Waals surface area contributed by atoms with E-state index in [4.69, 9.17) is 9.47 Å². The molecule has 0 aromatic heterocycles. The van der Waals surface area contributed by atoms with Gasteiger partial charge >= 0.3 is 0 Å². The van der Waals surface area contributed by atoms with E-state index in [1.54, 1.807) is 19.2 Å². The largest absolute Gasteiger partial charge is 0.489 e. The average molecular weight is 508 g/mol. The van der Waals surface area contributed by atoms with Gasteiger partial charge in [-0.1, -0.05) is 19.9 Å². The van der Waals surface area contributed by atoms with Gasteiger partial charge in [-0.3, -0.25) is 9.89 Å². The molecule has 0 saturated carbocycles. The summed E-state index contributed by atoms with van der Waals surface area (Å²) in [5, 5.41) is 6.68. The topological polar surface area (TPSA) is 58.1 Å². The van der Waals surface area contributed by atoms with E-state index >= 15 is 0 Å². The molecule has 0 radical (unpaired) electrons. The minimum atomic E-state index is -0.290. The van der Waals surface area contributed by atoms with Crippen LogP contribution in [-0.4, -0.2) is 69.9 Å². The van der Waals surface area contributed by atoms with E-state index in [2.05, 4.69) is 27.4 Å². The van der Waals surface area contributed by atoms with Crippen molar-refractivity contribution < 1.29 is 13.9 Å². The van der Waals surface area contributed by atoms with Gasteiger partial charge < -0.3 is 20.1 Å². The molecule has 1 aromatic carbocycles. The molecule has 1 aliphatic rings. The fraction of sp³-hybridized carbons (Fsp3) is 0.650. The zero-order valence-electron chi connectivity index (χ0n) is 17.1. The smallest absolute Gasteiger partial charge is 0.191 e. The molecule has 6 nitrogen and oxygen atoms in total. The van der Waals surface area contributed by atoms with Crippen LogP contribution in [0.25, 0.3) is 0 Å². The van der Waals surface area contributed by atoms with Crippen molar-refractivity contribution in [3.05, 3.63) is 30.1 Å². The van der Waals surface area contributed by atoms with Gasteiger partial charge in [0.1, 0.15) is 17.7 Å². The number of nitrogens with one attached hydrogen (secondary N) is 2. The highest BCUT2D eigenvalue weighted by molar-refractivity contribution is 14.0. The number of nitrogens with zero attached hydrogens (tertiary/aromatic N) is 2. The number of hydrogen-bond acceptors (Lipinski definition) is 4. The molecule has 2 atom stereocenters. The average Bonchev–Trinajstić information content (AvgIpc) is 2.68. The Morgan fingerprint density at radius 1 is 1.29 bits per heavy atom. The van der Waals surface area contributed by atoms with Crippen molar-refractivity contribution in [2.75, 3.05) is 53.0 Å². The van der Waals surface area contributed by atoms with Crippen molar-refractivity contribution in [3.63, 3.8) is 0 Å². The third-order valence-electron chi connectivity index (χ3n) is 4.57. The van der Waals surface area contributed by atoms with Gasteiger partial charge in [0.05, 0.1) is 19.8 Å². The number of aliphatic imine (C=N–C) groups is 1. The summed E-state index contributed by atoms with van der Waals surface area (Å²) in [5.74, 6) is 1.52. The number of halogens is 2. The molecule has 2 N–H and O–H groups in total. The van der Waals surface area contributed by atoms with E-state index in [1.807, 2.05) is 6.92 Å². The summed E-state index contributed by atoms with van der Waals surface area (Å²) in [6.45, 7) is 10.4. The van der Waals surface area contributed by atoms with Gasteiger partial charge in [-0.25, -0.2) is 4.39 Å². The molecule has 160 valence electrons. The first-order chi connectivity index (χ1) is 13.1. The maximum Gasteiger partial charge on any atom is 0.191 e. The van der Waals surface area contributed by atoms with Gasteiger partial charge in [0.15, 0.2) is 5.96 Å². The van der Waals surface area contributed by atoms with Gasteiger partial charge in [0, 0.05) is 39.3 Å². The SMILES string of the molecule is CCC(CNC(=NC)NCC(C)CN1CCOCC1)Oc1cccc(F)c1.I. The van der Waals surface area contributed by atoms with Gasteiger partial charge in [0.25, 0.3) is 0 Å². The van der Waals surface area contributed by atoms with Crippen LogP contribution in [0.15, 0.2) is 29.3 Å². The van der Waals surface area contributed by atoms with Crippen LogP contribution in [-0.2, 0) is 4.74 Å². The Labute approximate surface area is 185 Å². The highest BCUT2D eigenvalue weighted by Crippen LogP contribution is 2.14. The van der Waals surface area contributed by atoms with Crippen molar-refractivity contribution in [3.8, 4) is 5.75 Å². The first-order valence-corrected chi connectivity index (χ1v) is 9.77. The Kier molecular flexibility index (Phi) is 12.4. The summed E-state index contributed by atoms with van der Waals surface area (Å²) >= 11 is 0. The molecule has 1 heterocycles. The van der Waals surface area contributed by atoms with Crippen molar-refractivity contribution in [2.24, 2.45) is 10.9 Å².